The van der Waals surface area contributed by atoms with Crippen LogP contribution in [-0.4, -0.2) is 69.0 Å². The van der Waals surface area contributed by atoms with E-state index in [4.69, 9.17) is 9.47 Å². The first-order valence-electron chi connectivity index (χ1n) is 8.27. The lowest BCUT2D eigenvalue weighted by Crippen LogP contribution is -2.69. The molecule has 1 aromatic carbocycles. The Bertz CT molecular complexity index is 828. The SMILES string of the molecule is COc1cc(O)c2c(c1)C(=O)C1C(C2=O)[C@H](O)[C@@H](OC(C)=O)[C@@](C)(O)[C@H]1O. The van der Waals surface area contributed by atoms with Crippen LogP contribution in [0.1, 0.15) is 34.6 Å². The Balaban J connectivity index is 2.18. The topological polar surface area (TPSA) is 151 Å². The van der Waals surface area contributed by atoms with Crippen molar-refractivity contribution in [2.75, 3.05) is 7.11 Å². The number of carbonyl (C=O) groups is 3. The quantitative estimate of drug-likeness (QED) is 0.494. The molecular weight excluding hydrogens is 360 g/mol. The molecule has 2 aliphatic carbocycles. The number of esters is 1. The number of methoxy groups -OCH3 is 1. The average molecular weight is 380 g/mol. The Morgan fingerprint density at radius 3 is 2.33 bits per heavy atom. The number of fused-ring (bicyclic) bond motifs is 2. The molecular formula is C18H20O9. The fraction of sp³-hybridized carbons (Fsp3) is 0.500. The smallest absolute Gasteiger partial charge is 0.303 e. The third-order valence-electron chi connectivity index (χ3n) is 5.32. The molecule has 1 fully saturated rings. The average Bonchev–Trinajstić information content (AvgIpc) is 2.59. The van der Waals surface area contributed by atoms with Crippen LogP contribution in [0.2, 0.25) is 0 Å². The molecule has 2 aliphatic rings. The lowest BCUT2D eigenvalue weighted by molar-refractivity contribution is -0.230. The molecule has 4 N–H and O–H groups in total. The van der Waals surface area contributed by atoms with E-state index < -0.39 is 59.0 Å². The van der Waals surface area contributed by atoms with E-state index in [-0.39, 0.29) is 16.9 Å². The number of aromatic hydroxyl groups is 1. The molecule has 27 heavy (non-hydrogen) atoms. The van der Waals surface area contributed by atoms with Crippen molar-refractivity contribution >= 4 is 17.5 Å². The minimum atomic E-state index is -2.18. The van der Waals surface area contributed by atoms with E-state index in [9.17, 15) is 34.8 Å². The van der Waals surface area contributed by atoms with E-state index in [1.807, 2.05) is 0 Å². The Labute approximate surface area is 154 Å². The predicted octanol–water partition coefficient (Wildman–Crippen LogP) is -0.570. The number of hydrogen-bond donors (Lipinski definition) is 4. The van der Waals surface area contributed by atoms with Gasteiger partial charge in [0.25, 0.3) is 0 Å². The summed E-state index contributed by atoms with van der Waals surface area (Å²) >= 11 is 0. The molecule has 0 aliphatic heterocycles. The van der Waals surface area contributed by atoms with Crippen LogP contribution in [0.15, 0.2) is 12.1 Å². The van der Waals surface area contributed by atoms with Gasteiger partial charge in [-0.05, 0) is 13.0 Å². The molecule has 9 heteroatoms. The zero-order valence-electron chi connectivity index (χ0n) is 14.9. The van der Waals surface area contributed by atoms with Crippen molar-refractivity contribution in [3.63, 3.8) is 0 Å². The third kappa shape index (κ3) is 2.70. The lowest BCUT2D eigenvalue weighted by Gasteiger charge is -2.50. The van der Waals surface area contributed by atoms with E-state index in [0.717, 1.165) is 19.9 Å². The van der Waals surface area contributed by atoms with Gasteiger partial charge in [-0.2, -0.15) is 0 Å². The van der Waals surface area contributed by atoms with Crippen molar-refractivity contribution in [2.24, 2.45) is 11.8 Å². The summed E-state index contributed by atoms with van der Waals surface area (Å²) in [5.74, 6) is -5.74. The first-order valence-corrected chi connectivity index (χ1v) is 8.27. The summed E-state index contributed by atoms with van der Waals surface area (Å²) in [6.45, 7) is 2.16. The molecule has 0 aromatic heterocycles. The number of rotatable bonds is 2. The molecule has 6 atom stereocenters. The third-order valence-corrected chi connectivity index (χ3v) is 5.32. The number of aliphatic hydroxyl groups excluding tert-OH is 2. The van der Waals surface area contributed by atoms with E-state index in [2.05, 4.69) is 0 Å². The van der Waals surface area contributed by atoms with Crippen LogP contribution in [0.4, 0.5) is 0 Å². The maximum Gasteiger partial charge on any atom is 0.303 e. The summed E-state index contributed by atoms with van der Waals surface area (Å²) in [7, 11) is 1.31. The number of ether oxygens (including phenoxy) is 2. The predicted molar refractivity (Wildman–Crippen MR) is 88.5 cm³/mol. The molecule has 146 valence electrons. The highest BCUT2D eigenvalue weighted by Gasteiger charge is 2.63. The Morgan fingerprint density at radius 2 is 1.78 bits per heavy atom. The number of Topliss-reactive ketones (excluding diaryl/α,β-unsaturated/α-hetero) is 2. The molecule has 1 saturated carbocycles. The van der Waals surface area contributed by atoms with E-state index in [1.54, 1.807) is 0 Å². The molecule has 9 nitrogen and oxygen atoms in total. The summed E-state index contributed by atoms with van der Waals surface area (Å²) in [6.07, 6.45) is -5.19. The van der Waals surface area contributed by atoms with Gasteiger partial charge in [-0.1, -0.05) is 0 Å². The number of benzene rings is 1. The summed E-state index contributed by atoms with van der Waals surface area (Å²) in [6, 6.07) is 2.40. The number of aliphatic hydroxyl groups is 3. The van der Waals surface area contributed by atoms with Crippen LogP contribution in [-0.2, 0) is 9.53 Å². The van der Waals surface area contributed by atoms with E-state index in [0.29, 0.717) is 0 Å². The van der Waals surface area contributed by atoms with Crippen LogP contribution < -0.4 is 4.74 Å². The second-order valence-electron chi connectivity index (χ2n) is 7.04. The van der Waals surface area contributed by atoms with Gasteiger partial charge in [0, 0.05) is 18.6 Å². The molecule has 0 spiro atoms. The van der Waals surface area contributed by atoms with Crippen molar-refractivity contribution in [3.8, 4) is 11.5 Å². The first-order chi connectivity index (χ1) is 12.5. The van der Waals surface area contributed by atoms with Gasteiger partial charge in [0.2, 0.25) is 0 Å². The van der Waals surface area contributed by atoms with Crippen molar-refractivity contribution in [1.29, 1.82) is 0 Å². The number of ketones is 2. The second-order valence-corrected chi connectivity index (χ2v) is 7.04. The van der Waals surface area contributed by atoms with E-state index >= 15 is 0 Å². The Kier molecular flexibility index (Phi) is 4.49. The molecule has 0 heterocycles. The fourth-order valence-corrected chi connectivity index (χ4v) is 3.99. The van der Waals surface area contributed by atoms with Crippen LogP contribution in [0.5, 0.6) is 11.5 Å². The molecule has 0 radical (unpaired) electrons. The van der Waals surface area contributed by atoms with Crippen LogP contribution >= 0.6 is 0 Å². The number of carbonyl (C=O) groups excluding carboxylic acids is 3. The fourth-order valence-electron chi connectivity index (χ4n) is 3.99. The minimum absolute atomic E-state index is 0.126. The van der Waals surface area contributed by atoms with Crippen molar-refractivity contribution in [2.45, 2.75) is 37.8 Å². The van der Waals surface area contributed by atoms with Gasteiger partial charge in [-0.25, -0.2) is 0 Å². The normalized spacial score (nSPS) is 35.3. The summed E-state index contributed by atoms with van der Waals surface area (Å²) in [5.41, 5.74) is -2.66. The van der Waals surface area contributed by atoms with Gasteiger partial charge in [0.1, 0.15) is 23.2 Å². The molecule has 0 bridgehead atoms. The molecule has 1 aromatic rings. The molecule has 0 saturated heterocycles. The first kappa shape index (κ1) is 19.3. The molecule has 2 unspecified atom stereocenters. The summed E-state index contributed by atoms with van der Waals surface area (Å²) in [5, 5.41) is 42.1. The zero-order chi connectivity index (χ0) is 20.3. The van der Waals surface area contributed by atoms with Gasteiger partial charge in [0.05, 0.1) is 30.6 Å². The highest BCUT2D eigenvalue weighted by molar-refractivity contribution is 6.18. The maximum atomic E-state index is 13.0. The largest absolute Gasteiger partial charge is 0.507 e. The number of hydrogen-bond acceptors (Lipinski definition) is 9. The summed E-state index contributed by atoms with van der Waals surface area (Å²) in [4.78, 5) is 37.3. The molecule has 0 amide bonds. The van der Waals surface area contributed by atoms with Gasteiger partial charge in [-0.3, -0.25) is 14.4 Å². The number of phenols is 1. The van der Waals surface area contributed by atoms with Crippen LogP contribution in [0, 0.1) is 11.8 Å². The van der Waals surface area contributed by atoms with Crippen molar-refractivity contribution in [3.05, 3.63) is 23.3 Å². The molecule has 3 rings (SSSR count). The van der Waals surface area contributed by atoms with Crippen LogP contribution in [0.25, 0.3) is 0 Å². The second kappa shape index (κ2) is 6.29. The minimum Gasteiger partial charge on any atom is -0.507 e. The van der Waals surface area contributed by atoms with Gasteiger partial charge in [0.15, 0.2) is 17.7 Å². The summed E-state index contributed by atoms with van der Waals surface area (Å²) < 4.78 is 9.92. The van der Waals surface area contributed by atoms with Crippen molar-refractivity contribution < 1.29 is 44.3 Å². The standard InChI is InChI=1S/C18H20O9/c1-6(19)27-17-15(23)11-12(16(24)18(17,2)25)13(21)8-4-7(26-3)5-9(20)10(8)14(11)22/h4-5,11-12,15-17,20,23-25H,1-3H3/t11?,12?,15-,16-,17+,18-/m0/s1. The Hall–Kier alpha value is -2.49. The number of phenolic OH excluding ortho intramolecular Hbond substituents is 1. The van der Waals surface area contributed by atoms with Crippen molar-refractivity contribution in [1.82, 2.24) is 0 Å². The zero-order valence-corrected chi connectivity index (χ0v) is 14.9. The van der Waals surface area contributed by atoms with Gasteiger partial charge < -0.3 is 29.9 Å². The maximum absolute atomic E-state index is 13.0. The lowest BCUT2D eigenvalue weighted by atomic mass is 9.59. The van der Waals surface area contributed by atoms with Crippen LogP contribution in [0.3, 0.4) is 0 Å². The highest BCUT2D eigenvalue weighted by Crippen LogP contribution is 2.47. The monoisotopic (exact) mass is 380 g/mol. The van der Waals surface area contributed by atoms with Gasteiger partial charge >= 0.3 is 5.97 Å². The van der Waals surface area contributed by atoms with Gasteiger partial charge in [-0.15, -0.1) is 0 Å². The highest BCUT2D eigenvalue weighted by atomic mass is 16.6. The Morgan fingerprint density at radius 1 is 1.15 bits per heavy atom. The van der Waals surface area contributed by atoms with E-state index in [1.165, 1.54) is 13.2 Å².